The van der Waals surface area contributed by atoms with Crippen molar-refractivity contribution in [3.8, 4) is 16.9 Å². The Bertz CT molecular complexity index is 1150. The molecule has 1 atom stereocenters. The smallest absolute Gasteiger partial charge is 0.302 e. The minimum absolute atomic E-state index is 0.107. The Morgan fingerprint density at radius 3 is 2.69 bits per heavy atom. The van der Waals surface area contributed by atoms with Gasteiger partial charge in [0.25, 0.3) is 0 Å². The fourth-order valence-electron chi connectivity index (χ4n) is 3.02. The molecule has 0 spiro atoms. The van der Waals surface area contributed by atoms with E-state index in [-0.39, 0.29) is 28.4 Å². The molecular weight excluding hydrogens is 458 g/mol. The lowest BCUT2D eigenvalue weighted by atomic mass is 10.1. The van der Waals surface area contributed by atoms with E-state index in [2.05, 4.69) is 10.1 Å². The zero-order valence-electron chi connectivity index (χ0n) is 18.0. The van der Waals surface area contributed by atoms with E-state index in [1.165, 1.54) is 19.1 Å². The van der Waals surface area contributed by atoms with Crippen LogP contribution in [0.5, 0.6) is 5.75 Å². The zero-order chi connectivity index (χ0) is 23.6. The average molecular weight is 481 g/mol. The third kappa shape index (κ3) is 5.14. The van der Waals surface area contributed by atoms with Gasteiger partial charge in [-0.15, -0.1) is 0 Å². The van der Waals surface area contributed by atoms with Gasteiger partial charge in [-0.25, -0.2) is 9.37 Å². The number of aromatic nitrogens is 3. The number of carbonyl (C=O) groups is 1. The number of halogens is 3. The molecular formula is C22H23Cl2FN4O3. The van der Waals surface area contributed by atoms with Crippen LogP contribution in [0.15, 0.2) is 36.8 Å². The van der Waals surface area contributed by atoms with E-state index in [0.29, 0.717) is 16.9 Å². The minimum atomic E-state index is -0.685. The number of anilines is 1. The number of nitrogens with two attached hydrogens (primary N) is 1. The summed E-state index contributed by atoms with van der Waals surface area (Å²) < 4.78 is 26.7. The molecule has 32 heavy (non-hydrogen) atoms. The number of rotatable bonds is 7. The first-order chi connectivity index (χ1) is 15.0. The normalized spacial score (nSPS) is 12.5. The van der Waals surface area contributed by atoms with Gasteiger partial charge in [0.1, 0.15) is 18.5 Å². The summed E-state index contributed by atoms with van der Waals surface area (Å²) in [5.41, 5.74) is 7.22. The van der Waals surface area contributed by atoms with Crippen LogP contribution in [0.2, 0.25) is 10.0 Å². The van der Waals surface area contributed by atoms with Crippen molar-refractivity contribution in [1.29, 1.82) is 0 Å². The van der Waals surface area contributed by atoms with Gasteiger partial charge in [-0.2, -0.15) is 5.10 Å². The summed E-state index contributed by atoms with van der Waals surface area (Å²) in [6.45, 7) is 7.02. The van der Waals surface area contributed by atoms with Gasteiger partial charge in [-0.1, -0.05) is 23.2 Å². The molecule has 0 aliphatic rings. The molecule has 10 heteroatoms. The molecule has 3 aromatic rings. The monoisotopic (exact) mass is 480 g/mol. The Morgan fingerprint density at radius 1 is 1.28 bits per heavy atom. The van der Waals surface area contributed by atoms with E-state index < -0.39 is 17.5 Å². The molecule has 0 amide bonds. The number of hydrogen-bond donors (Lipinski definition) is 1. The summed E-state index contributed by atoms with van der Waals surface area (Å²) in [6.07, 6.45) is 4.38. The van der Waals surface area contributed by atoms with Crippen molar-refractivity contribution in [2.45, 2.75) is 39.3 Å². The van der Waals surface area contributed by atoms with Crippen LogP contribution in [0, 0.1) is 5.82 Å². The summed E-state index contributed by atoms with van der Waals surface area (Å²) >= 11 is 12.3. The van der Waals surface area contributed by atoms with E-state index in [1.807, 2.05) is 20.0 Å². The molecule has 0 fully saturated rings. The van der Waals surface area contributed by atoms with Crippen LogP contribution in [-0.4, -0.2) is 27.3 Å². The zero-order valence-corrected chi connectivity index (χ0v) is 19.5. The van der Waals surface area contributed by atoms with Crippen LogP contribution in [0.1, 0.15) is 39.4 Å². The second-order valence-electron chi connectivity index (χ2n) is 7.89. The Hall–Kier alpha value is -2.84. The molecule has 3 rings (SSSR count). The molecule has 0 radical (unpaired) electrons. The largest absolute Gasteiger partial charge is 0.482 e. The summed E-state index contributed by atoms with van der Waals surface area (Å²) in [7, 11) is 0. The molecule has 1 unspecified atom stereocenters. The number of nitrogens with zero attached hydrogens (tertiary/aromatic N) is 3. The van der Waals surface area contributed by atoms with Crippen LogP contribution in [-0.2, 0) is 15.1 Å². The van der Waals surface area contributed by atoms with Gasteiger partial charge in [0.15, 0.2) is 11.6 Å². The Kier molecular flexibility index (Phi) is 6.95. The number of carbonyl (C=O) groups excluding carboxylic acids is 1. The van der Waals surface area contributed by atoms with Gasteiger partial charge in [0, 0.05) is 41.0 Å². The second-order valence-corrected chi connectivity index (χ2v) is 8.68. The third-order valence-electron chi connectivity index (χ3n) is 4.84. The molecule has 1 aromatic carbocycles. The Morgan fingerprint density at radius 2 is 2.00 bits per heavy atom. The lowest BCUT2D eigenvalue weighted by Gasteiger charge is -2.24. The van der Waals surface area contributed by atoms with Crippen molar-refractivity contribution < 1.29 is 18.7 Å². The van der Waals surface area contributed by atoms with Crippen LogP contribution in [0.3, 0.4) is 0 Å². The first-order valence-corrected chi connectivity index (χ1v) is 10.5. The quantitative estimate of drug-likeness (QED) is 0.358. The number of pyridine rings is 1. The van der Waals surface area contributed by atoms with Gasteiger partial charge in [-0.3, -0.25) is 9.48 Å². The standard InChI is InChI=1S/C22H23Cl2FN4O3/c1-12(19-16(23)5-6-17(25)20(19)24)32-18-7-14(8-27-21(18)26)15-9-28-29(10-15)22(3,4)11-31-13(2)30/h5-10,12H,11H2,1-4H3,(H2,26,27). The minimum Gasteiger partial charge on any atom is -0.482 e. The van der Waals surface area contributed by atoms with Gasteiger partial charge in [0.05, 0.1) is 16.8 Å². The molecule has 2 N–H and O–H groups in total. The average Bonchev–Trinajstić information content (AvgIpc) is 3.22. The predicted octanol–water partition coefficient (Wildman–Crippen LogP) is 5.41. The van der Waals surface area contributed by atoms with Crippen molar-refractivity contribution in [1.82, 2.24) is 14.8 Å². The van der Waals surface area contributed by atoms with Gasteiger partial charge < -0.3 is 15.2 Å². The maximum absolute atomic E-state index is 13.9. The molecule has 2 aromatic heterocycles. The molecule has 170 valence electrons. The summed E-state index contributed by atoms with van der Waals surface area (Å²) in [4.78, 5) is 15.3. The lowest BCUT2D eigenvalue weighted by Crippen LogP contribution is -2.33. The molecule has 0 aliphatic heterocycles. The topological polar surface area (TPSA) is 92.3 Å². The van der Waals surface area contributed by atoms with Crippen LogP contribution in [0.25, 0.3) is 11.1 Å². The molecule has 0 bridgehead atoms. The van der Waals surface area contributed by atoms with E-state index in [1.54, 1.807) is 30.1 Å². The van der Waals surface area contributed by atoms with E-state index >= 15 is 0 Å². The first kappa shape index (κ1) is 23.8. The highest BCUT2D eigenvalue weighted by Gasteiger charge is 2.24. The molecule has 7 nitrogen and oxygen atoms in total. The van der Waals surface area contributed by atoms with Crippen LogP contribution >= 0.6 is 23.2 Å². The fourth-order valence-corrected chi connectivity index (χ4v) is 3.70. The van der Waals surface area contributed by atoms with Crippen molar-refractivity contribution in [3.05, 3.63) is 58.2 Å². The van der Waals surface area contributed by atoms with E-state index in [9.17, 15) is 9.18 Å². The van der Waals surface area contributed by atoms with Crippen molar-refractivity contribution in [2.75, 3.05) is 12.3 Å². The maximum atomic E-state index is 13.9. The van der Waals surface area contributed by atoms with Gasteiger partial charge >= 0.3 is 5.97 Å². The first-order valence-electron chi connectivity index (χ1n) is 9.74. The van der Waals surface area contributed by atoms with Gasteiger partial charge in [-0.05, 0) is 39.0 Å². The van der Waals surface area contributed by atoms with Crippen molar-refractivity contribution in [2.24, 2.45) is 0 Å². The van der Waals surface area contributed by atoms with E-state index in [0.717, 1.165) is 5.56 Å². The highest BCUT2D eigenvalue weighted by atomic mass is 35.5. The fraction of sp³-hybridized carbons (Fsp3) is 0.318. The SMILES string of the molecule is CC(=O)OCC(C)(C)n1cc(-c2cnc(N)c(OC(C)c3c(Cl)ccc(F)c3Cl)c2)cn1. The number of ether oxygens (including phenoxy) is 2. The number of esters is 1. The summed E-state index contributed by atoms with van der Waals surface area (Å²) in [5, 5.41) is 4.56. The number of hydrogen-bond acceptors (Lipinski definition) is 6. The second kappa shape index (κ2) is 9.34. The number of nitrogen functional groups attached to an aromatic ring is 1. The highest BCUT2D eigenvalue weighted by Crippen LogP contribution is 2.37. The predicted molar refractivity (Wildman–Crippen MR) is 121 cm³/mol. The number of benzene rings is 1. The van der Waals surface area contributed by atoms with Crippen LogP contribution < -0.4 is 10.5 Å². The summed E-state index contributed by atoms with van der Waals surface area (Å²) in [5.74, 6) is -0.502. The maximum Gasteiger partial charge on any atom is 0.302 e. The van der Waals surface area contributed by atoms with Crippen molar-refractivity contribution in [3.63, 3.8) is 0 Å². The lowest BCUT2D eigenvalue weighted by molar-refractivity contribution is -0.143. The molecule has 2 heterocycles. The van der Waals surface area contributed by atoms with E-state index in [4.69, 9.17) is 38.4 Å². The molecule has 0 saturated heterocycles. The van der Waals surface area contributed by atoms with Gasteiger partial charge in [0.2, 0.25) is 0 Å². The summed E-state index contributed by atoms with van der Waals surface area (Å²) in [6, 6.07) is 4.32. The third-order valence-corrected chi connectivity index (χ3v) is 5.55. The Balaban J connectivity index is 1.87. The molecule has 0 saturated carbocycles. The highest BCUT2D eigenvalue weighted by molar-refractivity contribution is 6.36. The van der Waals surface area contributed by atoms with Crippen LogP contribution in [0.4, 0.5) is 10.2 Å². The van der Waals surface area contributed by atoms with Crippen molar-refractivity contribution >= 4 is 35.0 Å². The molecule has 0 aliphatic carbocycles. The Labute approximate surface area is 195 Å².